The molecule has 4 heteroatoms. The average Bonchev–Trinajstić information content (AvgIpc) is 2.07. The SMILES string of the molecule is CC(C)C1(OC(=O)C=CC(=O)O)CCC1. The lowest BCUT2D eigenvalue weighted by Gasteiger charge is -2.44. The predicted molar refractivity (Wildman–Crippen MR) is 54.3 cm³/mol. The summed E-state index contributed by atoms with van der Waals surface area (Å²) in [4.78, 5) is 21.5. The molecule has 15 heavy (non-hydrogen) atoms. The number of carbonyl (C=O) groups excluding carboxylic acids is 1. The molecule has 0 aliphatic heterocycles. The zero-order valence-corrected chi connectivity index (χ0v) is 9.03. The second kappa shape index (κ2) is 4.47. The van der Waals surface area contributed by atoms with Crippen LogP contribution in [0, 0.1) is 5.92 Å². The van der Waals surface area contributed by atoms with Gasteiger partial charge in [0.15, 0.2) is 0 Å². The number of hydrogen-bond donors (Lipinski definition) is 1. The lowest BCUT2D eigenvalue weighted by Crippen LogP contribution is -2.46. The molecule has 1 aliphatic carbocycles. The molecule has 0 spiro atoms. The van der Waals surface area contributed by atoms with Gasteiger partial charge >= 0.3 is 11.9 Å². The lowest BCUT2D eigenvalue weighted by molar-refractivity contribution is -0.171. The van der Waals surface area contributed by atoms with Crippen LogP contribution in [0.4, 0.5) is 0 Å². The largest absolute Gasteiger partial charge is 0.478 e. The summed E-state index contributed by atoms with van der Waals surface area (Å²) in [5, 5.41) is 8.35. The summed E-state index contributed by atoms with van der Waals surface area (Å²) < 4.78 is 5.30. The van der Waals surface area contributed by atoms with Crippen molar-refractivity contribution in [2.24, 2.45) is 5.92 Å². The second-order valence-corrected chi connectivity index (χ2v) is 4.17. The van der Waals surface area contributed by atoms with Crippen LogP contribution < -0.4 is 0 Å². The van der Waals surface area contributed by atoms with E-state index in [9.17, 15) is 9.59 Å². The molecule has 1 saturated carbocycles. The molecule has 1 aliphatic rings. The van der Waals surface area contributed by atoms with E-state index in [1.165, 1.54) is 0 Å². The molecule has 84 valence electrons. The van der Waals surface area contributed by atoms with Crippen molar-refractivity contribution >= 4 is 11.9 Å². The average molecular weight is 212 g/mol. The maximum Gasteiger partial charge on any atom is 0.331 e. The van der Waals surface area contributed by atoms with Crippen LogP contribution >= 0.6 is 0 Å². The predicted octanol–water partition coefficient (Wildman–Crippen LogP) is 1.75. The quantitative estimate of drug-likeness (QED) is 0.569. The van der Waals surface area contributed by atoms with E-state index in [0.717, 1.165) is 31.4 Å². The van der Waals surface area contributed by atoms with Crippen molar-refractivity contribution in [3.8, 4) is 0 Å². The van der Waals surface area contributed by atoms with Gasteiger partial charge in [-0.25, -0.2) is 9.59 Å². The number of rotatable bonds is 4. The molecule has 0 saturated heterocycles. The van der Waals surface area contributed by atoms with Crippen molar-refractivity contribution in [1.82, 2.24) is 0 Å². The number of carbonyl (C=O) groups is 2. The fraction of sp³-hybridized carbons (Fsp3) is 0.636. The Balaban J connectivity index is 2.53. The highest BCUT2D eigenvalue weighted by molar-refractivity contribution is 5.90. The van der Waals surface area contributed by atoms with Gasteiger partial charge in [0.1, 0.15) is 5.60 Å². The number of esters is 1. The lowest BCUT2D eigenvalue weighted by atomic mass is 9.72. The molecular weight excluding hydrogens is 196 g/mol. The van der Waals surface area contributed by atoms with Gasteiger partial charge in [0, 0.05) is 12.2 Å². The van der Waals surface area contributed by atoms with E-state index in [1.54, 1.807) is 0 Å². The van der Waals surface area contributed by atoms with Crippen molar-refractivity contribution in [1.29, 1.82) is 0 Å². The summed E-state index contributed by atoms with van der Waals surface area (Å²) in [6, 6.07) is 0. The van der Waals surface area contributed by atoms with E-state index >= 15 is 0 Å². The fourth-order valence-electron chi connectivity index (χ4n) is 1.70. The number of hydrogen-bond acceptors (Lipinski definition) is 3. The summed E-state index contributed by atoms with van der Waals surface area (Å²) in [5.41, 5.74) is -0.361. The minimum absolute atomic E-state index is 0.272. The highest BCUT2D eigenvalue weighted by Gasteiger charge is 2.43. The van der Waals surface area contributed by atoms with Crippen LogP contribution in [-0.2, 0) is 14.3 Å². The molecule has 0 unspecified atom stereocenters. The Morgan fingerprint density at radius 1 is 1.33 bits per heavy atom. The molecule has 0 aromatic carbocycles. The van der Waals surface area contributed by atoms with Crippen molar-refractivity contribution in [3.05, 3.63) is 12.2 Å². The Hall–Kier alpha value is -1.32. The normalized spacial score (nSPS) is 18.9. The van der Waals surface area contributed by atoms with Crippen LogP contribution in [0.2, 0.25) is 0 Å². The molecule has 0 aromatic heterocycles. The minimum atomic E-state index is -1.14. The zero-order chi connectivity index (χ0) is 11.5. The van der Waals surface area contributed by atoms with Gasteiger partial charge in [0.25, 0.3) is 0 Å². The van der Waals surface area contributed by atoms with E-state index in [0.29, 0.717) is 0 Å². The Bertz CT molecular complexity index is 287. The Labute approximate surface area is 88.9 Å². The summed E-state index contributed by atoms with van der Waals surface area (Å²) in [6.07, 6.45) is 4.57. The van der Waals surface area contributed by atoms with Crippen LogP contribution in [0.25, 0.3) is 0 Å². The molecule has 1 fully saturated rings. The van der Waals surface area contributed by atoms with Crippen molar-refractivity contribution in [2.75, 3.05) is 0 Å². The molecule has 4 nitrogen and oxygen atoms in total. The molecule has 0 atom stereocenters. The van der Waals surface area contributed by atoms with Crippen LogP contribution in [0.3, 0.4) is 0 Å². The minimum Gasteiger partial charge on any atom is -0.478 e. The van der Waals surface area contributed by atoms with Gasteiger partial charge in [-0.05, 0) is 25.2 Å². The molecule has 0 radical (unpaired) electrons. The fourth-order valence-corrected chi connectivity index (χ4v) is 1.70. The van der Waals surface area contributed by atoms with E-state index in [1.807, 2.05) is 13.8 Å². The maximum absolute atomic E-state index is 11.3. The number of carboxylic acid groups (broad SMARTS) is 1. The standard InChI is InChI=1S/C11H16O4/c1-8(2)11(6-3-7-11)15-10(14)5-4-9(12)13/h4-5,8H,3,6-7H2,1-2H3,(H,12,13). The summed E-state index contributed by atoms with van der Waals surface area (Å²) in [6.45, 7) is 4.01. The Morgan fingerprint density at radius 2 is 1.93 bits per heavy atom. The van der Waals surface area contributed by atoms with E-state index in [4.69, 9.17) is 9.84 Å². The van der Waals surface area contributed by atoms with Gasteiger partial charge < -0.3 is 9.84 Å². The first-order valence-corrected chi connectivity index (χ1v) is 5.10. The maximum atomic E-state index is 11.3. The first kappa shape index (κ1) is 11.8. The molecule has 0 bridgehead atoms. The molecule has 0 aromatic rings. The zero-order valence-electron chi connectivity index (χ0n) is 9.03. The Morgan fingerprint density at radius 3 is 2.27 bits per heavy atom. The smallest absolute Gasteiger partial charge is 0.331 e. The van der Waals surface area contributed by atoms with Gasteiger partial charge in [-0.15, -0.1) is 0 Å². The van der Waals surface area contributed by atoms with Gasteiger partial charge in [-0.3, -0.25) is 0 Å². The van der Waals surface area contributed by atoms with E-state index < -0.39 is 11.9 Å². The van der Waals surface area contributed by atoms with E-state index in [2.05, 4.69) is 0 Å². The van der Waals surface area contributed by atoms with Gasteiger partial charge in [0.05, 0.1) is 0 Å². The first-order chi connectivity index (χ1) is 6.96. The Kier molecular flexibility index (Phi) is 3.50. The number of ether oxygens (including phenoxy) is 1. The monoisotopic (exact) mass is 212 g/mol. The number of aliphatic carboxylic acids is 1. The van der Waals surface area contributed by atoms with Gasteiger partial charge in [-0.1, -0.05) is 13.8 Å². The molecule has 0 heterocycles. The molecule has 1 N–H and O–H groups in total. The molecule has 0 amide bonds. The summed E-state index contributed by atoms with van der Waals surface area (Å²) in [7, 11) is 0. The third kappa shape index (κ3) is 2.81. The van der Waals surface area contributed by atoms with Crippen molar-refractivity contribution in [2.45, 2.75) is 38.7 Å². The van der Waals surface area contributed by atoms with Gasteiger partial charge in [0.2, 0.25) is 0 Å². The second-order valence-electron chi connectivity index (χ2n) is 4.17. The van der Waals surface area contributed by atoms with Gasteiger partial charge in [-0.2, -0.15) is 0 Å². The summed E-state index contributed by atoms with van der Waals surface area (Å²) in [5.74, 6) is -1.43. The van der Waals surface area contributed by atoms with Crippen LogP contribution in [0.15, 0.2) is 12.2 Å². The van der Waals surface area contributed by atoms with Crippen LogP contribution in [-0.4, -0.2) is 22.6 Å². The van der Waals surface area contributed by atoms with Crippen molar-refractivity contribution < 1.29 is 19.4 Å². The van der Waals surface area contributed by atoms with Crippen LogP contribution in [0.5, 0.6) is 0 Å². The number of carboxylic acids is 1. The third-order valence-corrected chi connectivity index (χ3v) is 2.92. The first-order valence-electron chi connectivity index (χ1n) is 5.10. The van der Waals surface area contributed by atoms with E-state index in [-0.39, 0.29) is 11.5 Å². The van der Waals surface area contributed by atoms with Crippen molar-refractivity contribution in [3.63, 3.8) is 0 Å². The third-order valence-electron chi connectivity index (χ3n) is 2.92. The molecular formula is C11H16O4. The highest BCUT2D eigenvalue weighted by atomic mass is 16.6. The summed E-state index contributed by atoms with van der Waals surface area (Å²) >= 11 is 0. The molecule has 1 rings (SSSR count). The van der Waals surface area contributed by atoms with Crippen LogP contribution in [0.1, 0.15) is 33.1 Å². The highest BCUT2D eigenvalue weighted by Crippen LogP contribution is 2.41. The topological polar surface area (TPSA) is 63.6 Å².